The van der Waals surface area contributed by atoms with Crippen LogP contribution < -0.4 is 0 Å². The Labute approximate surface area is 57.8 Å². The molecule has 2 N–H and O–H groups in total. The number of rotatable bonds is 3. The Morgan fingerprint density at radius 3 is 2.40 bits per heavy atom. The van der Waals surface area contributed by atoms with Crippen molar-refractivity contribution in [2.45, 2.75) is 19.1 Å². The zero-order valence-electron chi connectivity index (χ0n) is 5.47. The molecule has 0 spiro atoms. The number of nitrogens with zero attached hydrogens (tertiary/aromatic N) is 1. The zero-order chi connectivity index (χ0) is 8.15. The molecule has 0 bridgehead atoms. The molecule has 2 unspecified atom stereocenters. The maximum atomic E-state index is 9.65. The van der Waals surface area contributed by atoms with E-state index >= 15 is 0 Å². The van der Waals surface area contributed by atoms with Gasteiger partial charge in [-0.15, -0.1) is 0 Å². The number of nitro groups is 1. The monoisotopic (exact) mass is 147 g/mol. The summed E-state index contributed by atoms with van der Waals surface area (Å²) in [6.07, 6.45) is -0.621. The molecule has 0 aromatic heterocycles. The fourth-order valence-corrected chi connectivity index (χ4v) is 0.319. The van der Waals surface area contributed by atoms with Crippen molar-refractivity contribution in [3.63, 3.8) is 0 Å². The molecule has 0 amide bonds. The van der Waals surface area contributed by atoms with Gasteiger partial charge in [0.25, 0.3) is 0 Å². The van der Waals surface area contributed by atoms with E-state index in [9.17, 15) is 10.1 Å². The van der Waals surface area contributed by atoms with Crippen LogP contribution in [0.5, 0.6) is 0 Å². The highest BCUT2D eigenvalue weighted by molar-refractivity contribution is 4.85. The summed E-state index contributed by atoms with van der Waals surface area (Å²) >= 11 is 0. The summed E-state index contributed by atoms with van der Waals surface area (Å²) in [6, 6.07) is 0. The van der Waals surface area contributed by atoms with E-state index in [4.69, 9.17) is 10.2 Å². The quantitative estimate of drug-likeness (QED) is 0.417. The first kappa shape index (κ1) is 9.06. The molecule has 0 saturated carbocycles. The second kappa shape index (κ2) is 3.97. The summed E-state index contributed by atoms with van der Waals surface area (Å²) in [7, 11) is 0. The van der Waals surface area contributed by atoms with Gasteiger partial charge in [0.1, 0.15) is 6.10 Å². The Morgan fingerprint density at radius 1 is 1.60 bits per heavy atom. The summed E-state index contributed by atoms with van der Waals surface area (Å²) in [4.78, 5) is 8.95. The summed E-state index contributed by atoms with van der Waals surface area (Å²) in [5.74, 6) is 0. The number of hydrogen-bond donors (Lipinski definition) is 2. The van der Waals surface area contributed by atoms with Crippen LogP contribution in [-0.4, -0.2) is 27.3 Å². The number of aliphatic hydroxyl groups is 2. The van der Waals surface area contributed by atoms with Gasteiger partial charge in [0.05, 0.1) is 11.0 Å². The first-order valence-corrected chi connectivity index (χ1v) is 2.72. The van der Waals surface area contributed by atoms with Crippen molar-refractivity contribution >= 4 is 0 Å². The standard InChI is InChI=1S/C5H9NO4/c1-4(7)5(8)2-3-6(9)10/h2-5,7-8H,1H3/b3-2+. The Bertz CT molecular complexity index is 143. The largest absolute Gasteiger partial charge is 0.390 e. The van der Waals surface area contributed by atoms with Gasteiger partial charge in [0, 0.05) is 6.08 Å². The van der Waals surface area contributed by atoms with Crippen LogP contribution in [0.4, 0.5) is 0 Å². The van der Waals surface area contributed by atoms with Gasteiger partial charge in [-0.1, -0.05) is 0 Å². The van der Waals surface area contributed by atoms with Crippen LogP contribution in [0, 0.1) is 10.1 Å². The molecule has 5 nitrogen and oxygen atoms in total. The molecule has 0 radical (unpaired) electrons. The van der Waals surface area contributed by atoms with E-state index in [0.29, 0.717) is 6.20 Å². The summed E-state index contributed by atoms with van der Waals surface area (Å²) in [5.41, 5.74) is 0. The van der Waals surface area contributed by atoms with Crippen LogP contribution >= 0.6 is 0 Å². The van der Waals surface area contributed by atoms with Crippen LogP contribution in [-0.2, 0) is 0 Å². The normalized spacial score (nSPS) is 17.1. The van der Waals surface area contributed by atoms with E-state index in [1.165, 1.54) is 6.92 Å². The van der Waals surface area contributed by atoms with Crippen molar-refractivity contribution in [1.29, 1.82) is 0 Å². The van der Waals surface area contributed by atoms with E-state index in [1.807, 2.05) is 0 Å². The molecule has 2 atom stereocenters. The molecular formula is C5H9NO4. The van der Waals surface area contributed by atoms with Gasteiger partial charge in [-0.3, -0.25) is 10.1 Å². The molecular weight excluding hydrogens is 138 g/mol. The topological polar surface area (TPSA) is 83.6 Å². The minimum absolute atomic E-state index is 0.595. The van der Waals surface area contributed by atoms with Crippen LogP contribution in [0.1, 0.15) is 6.92 Å². The molecule has 0 aliphatic carbocycles. The zero-order valence-corrected chi connectivity index (χ0v) is 5.47. The Kier molecular flexibility index (Phi) is 3.60. The second-order valence-electron chi connectivity index (χ2n) is 1.86. The molecule has 0 fully saturated rings. The highest BCUT2D eigenvalue weighted by Gasteiger charge is 2.06. The van der Waals surface area contributed by atoms with E-state index in [2.05, 4.69) is 0 Å². The minimum atomic E-state index is -1.16. The van der Waals surface area contributed by atoms with Gasteiger partial charge in [-0.05, 0) is 6.92 Å². The van der Waals surface area contributed by atoms with E-state index in [-0.39, 0.29) is 0 Å². The predicted octanol–water partition coefficient (Wildman–Crippen LogP) is -0.482. The fraction of sp³-hybridized carbons (Fsp3) is 0.600. The van der Waals surface area contributed by atoms with E-state index in [1.54, 1.807) is 0 Å². The van der Waals surface area contributed by atoms with Gasteiger partial charge < -0.3 is 10.2 Å². The molecule has 5 heteroatoms. The van der Waals surface area contributed by atoms with Gasteiger partial charge >= 0.3 is 0 Å². The molecule has 0 aromatic carbocycles. The van der Waals surface area contributed by atoms with E-state index < -0.39 is 17.1 Å². The number of aliphatic hydroxyl groups excluding tert-OH is 2. The third kappa shape index (κ3) is 3.99. The summed E-state index contributed by atoms with van der Waals surface area (Å²) < 4.78 is 0. The first-order chi connectivity index (χ1) is 4.54. The Hall–Kier alpha value is -0.940. The summed E-state index contributed by atoms with van der Waals surface area (Å²) in [5, 5.41) is 27.0. The van der Waals surface area contributed by atoms with Crippen molar-refractivity contribution in [2.75, 3.05) is 0 Å². The van der Waals surface area contributed by atoms with Gasteiger partial charge in [-0.25, -0.2) is 0 Å². The smallest absolute Gasteiger partial charge is 0.233 e. The predicted molar refractivity (Wildman–Crippen MR) is 33.8 cm³/mol. The van der Waals surface area contributed by atoms with E-state index in [0.717, 1.165) is 6.08 Å². The van der Waals surface area contributed by atoms with Crippen molar-refractivity contribution in [3.8, 4) is 0 Å². The third-order valence-electron chi connectivity index (χ3n) is 0.899. The highest BCUT2D eigenvalue weighted by Crippen LogP contribution is 1.92. The van der Waals surface area contributed by atoms with Crippen LogP contribution in [0.15, 0.2) is 12.3 Å². The minimum Gasteiger partial charge on any atom is -0.390 e. The van der Waals surface area contributed by atoms with Crippen LogP contribution in [0.3, 0.4) is 0 Å². The lowest BCUT2D eigenvalue weighted by molar-refractivity contribution is -0.403. The molecule has 10 heavy (non-hydrogen) atoms. The van der Waals surface area contributed by atoms with Gasteiger partial charge in [0.15, 0.2) is 0 Å². The average molecular weight is 147 g/mol. The molecule has 0 aliphatic heterocycles. The Balaban J connectivity index is 3.77. The van der Waals surface area contributed by atoms with Crippen molar-refractivity contribution < 1.29 is 15.1 Å². The maximum Gasteiger partial charge on any atom is 0.233 e. The van der Waals surface area contributed by atoms with Gasteiger partial charge in [-0.2, -0.15) is 0 Å². The Morgan fingerprint density at radius 2 is 2.10 bits per heavy atom. The van der Waals surface area contributed by atoms with Crippen LogP contribution in [0.2, 0.25) is 0 Å². The first-order valence-electron chi connectivity index (χ1n) is 2.72. The average Bonchev–Trinajstić information content (AvgIpc) is 1.82. The molecule has 0 aliphatic rings. The molecule has 0 rings (SSSR count). The number of hydrogen-bond acceptors (Lipinski definition) is 4. The molecule has 58 valence electrons. The lowest BCUT2D eigenvalue weighted by atomic mass is 10.2. The van der Waals surface area contributed by atoms with Crippen LogP contribution in [0.25, 0.3) is 0 Å². The maximum absolute atomic E-state index is 9.65. The van der Waals surface area contributed by atoms with Crippen molar-refractivity contribution in [1.82, 2.24) is 0 Å². The highest BCUT2D eigenvalue weighted by atomic mass is 16.6. The molecule has 0 heterocycles. The SMILES string of the molecule is CC(O)C(O)/C=C/[N+](=O)[O-]. The third-order valence-corrected chi connectivity index (χ3v) is 0.899. The molecule has 0 saturated heterocycles. The second-order valence-corrected chi connectivity index (χ2v) is 1.86. The van der Waals surface area contributed by atoms with Crippen molar-refractivity contribution in [2.24, 2.45) is 0 Å². The van der Waals surface area contributed by atoms with Crippen molar-refractivity contribution in [3.05, 3.63) is 22.4 Å². The molecule has 0 aromatic rings. The van der Waals surface area contributed by atoms with Gasteiger partial charge in [0.2, 0.25) is 6.20 Å². The lowest BCUT2D eigenvalue weighted by Crippen LogP contribution is -2.19. The fourth-order valence-electron chi connectivity index (χ4n) is 0.319. The lowest BCUT2D eigenvalue weighted by Gasteiger charge is -2.05. The summed E-state index contributed by atoms with van der Waals surface area (Å²) in [6.45, 7) is 1.34.